The molecule has 0 aromatic heterocycles. The van der Waals surface area contributed by atoms with Crippen molar-refractivity contribution >= 4 is 39.5 Å². The Bertz CT molecular complexity index is 776. The number of carbonyl (C=O) groups is 1. The third kappa shape index (κ3) is 3.86. The second kappa shape index (κ2) is 7.06. The van der Waals surface area contributed by atoms with Gasteiger partial charge in [0.1, 0.15) is 0 Å². The van der Waals surface area contributed by atoms with Gasteiger partial charge >= 0.3 is 0 Å². The molecule has 0 spiro atoms. The van der Waals surface area contributed by atoms with Gasteiger partial charge in [-0.1, -0.05) is 45.7 Å². The van der Waals surface area contributed by atoms with Gasteiger partial charge in [-0.3, -0.25) is 4.79 Å². The number of carbonyl (C=O) groups excluding carboxylic acids is 1. The van der Waals surface area contributed by atoms with Crippen molar-refractivity contribution < 1.29 is 14.3 Å². The van der Waals surface area contributed by atoms with E-state index in [-0.39, 0.29) is 12.7 Å². The van der Waals surface area contributed by atoms with Crippen molar-refractivity contribution in [1.29, 1.82) is 0 Å². The van der Waals surface area contributed by atoms with Gasteiger partial charge in [0.05, 0.1) is 0 Å². The standard InChI is InChI=1S/C17H13BrClNO3/c18-13-8-16-15(22-10-23-16)7-11(13)5-6-17(21)20-9-12-3-1-2-4-14(12)19/h1-8H,9-10H2,(H,20,21)/b6-5+. The van der Waals surface area contributed by atoms with E-state index in [1.165, 1.54) is 6.08 Å². The van der Waals surface area contributed by atoms with Crippen molar-refractivity contribution in [3.63, 3.8) is 0 Å². The number of rotatable bonds is 4. The van der Waals surface area contributed by atoms with Crippen LogP contribution in [0.3, 0.4) is 0 Å². The lowest BCUT2D eigenvalue weighted by molar-refractivity contribution is -0.116. The average molecular weight is 395 g/mol. The van der Waals surface area contributed by atoms with Crippen molar-refractivity contribution in [2.75, 3.05) is 6.79 Å². The summed E-state index contributed by atoms with van der Waals surface area (Å²) in [6.45, 7) is 0.596. The molecule has 4 nitrogen and oxygen atoms in total. The molecule has 0 fully saturated rings. The summed E-state index contributed by atoms with van der Waals surface area (Å²) in [6, 6.07) is 11.1. The van der Waals surface area contributed by atoms with Gasteiger partial charge in [0.25, 0.3) is 0 Å². The molecule has 23 heavy (non-hydrogen) atoms. The molecule has 0 unspecified atom stereocenters. The second-order valence-corrected chi connectivity index (χ2v) is 6.13. The van der Waals surface area contributed by atoms with E-state index in [2.05, 4.69) is 21.2 Å². The molecule has 2 aromatic carbocycles. The van der Waals surface area contributed by atoms with Crippen molar-refractivity contribution in [3.8, 4) is 11.5 Å². The van der Waals surface area contributed by atoms with Crippen LogP contribution in [0.4, 0.5) is 0 Å². The third-order valence-corrected chi connectivity index (χ3v) is 4.37. The molecule has 0 bridgehead atoms. The maximum atomic E-state index is 11.9. The number of nitrogens with one attached hydrogen (secondary N) is 1. The summed E-state index contributed by atoms with van der Waals surface area (Å²) in [7, 11) is 0. The van der Waals surface area contributed by atoms with Gasteiger partial charge in [-0.25, -0.2) is 0 Å². The maximum Gasteiger partial charge on any atom is 0.244 e. The first-order valence-electron chi connectivity index (χ1n) is 6.92. The Kier molecular flexibility index (Phi) is 4.88. The first-order chi connectivity index (χ1) is 11.1. The first kappa shape index (κ1) is 15.9. The minimum Gasteiger partial charge on any atom is -0.454 e. The van der Waals surface area contributed by atoms with Crippen LogP contribution in [0, 0.1) is 0 Å². The quantitative estimate of drug-likeness (QED) is 0.792. The summed E-state index contributed by atoms with van der Waals surface area (Å²) in [5.41, 5.74) is 1.71. The molecule has 1 aliphatic heterocycles. The Labute approximate surface area is 147 Å². The van der Waals surface area contributed by atoms with Crippen LogP contribution in [0.1, 0.15) is 11.1 Å². The van der Waals surface area contributed by atoms with Crippen LogP contribution in [0.15, 0.2) is 46.9 Å². The number of hydrogen-bond donors (Lipinski definition) is 1. The van der Waals surface area contributed by atoms with Crippen molar-refractivity contribution in [2.45, 2.75) is 6.54 Å². The largest absolute Gasteiger partial charge is 0.454 e. The predicted molar refractivity (Wildman–Crippen MR) is 92.6 cm³/mol. The number of ether oxygens (including phenoxy) is 2. The molecule has 2 aromatic rings. The van der Waals surface area contributed by atoms with Crippen LogP contribution >= 0.6 is 27.5 Å². The second-order valence-electron chi connectivity index (χ2n) is 4.87. The van der Waals surface area contributed by atoms with Gasteiger partial charge in [-0.2, -0.15) is 0 Å². The molecule has 3 rings (SSSR count). The minimum atomic E-state index is -0.200. The Morgan fingerprint density at radius 3 is 2.78 bits per heavy atom. The lowest BCUT2D eigenvalue weighted by atomic mass is 10.2. The zero-order chi connectivity index (χ0) is 16.2. The van der Waals surface area contributed by atoms with Crippen LogP contribution in [0.5, 0.6) is 11.5 Å². The fourth-order valence-electron chi connectivity index (χ4n) is 2.11. The van der Waals surface area contributed by atoms with Gasteiger partial charge in [-0.15, -0.1) is 0 Å². The number of benzene rings is 2. The molecule has 1 amide bonds. The zero-order valence-electron chi connectivity index (χ0n) is 12.0. The lowest BCUT2D eigenvalue weighted by Gasteiger charge is -2.05. The SMILES string of the molecule is O=C(/C=C/c1cc2c(cc1Br)OCO2)NCc1ccccc1Cl. The molecule has 6 heteroatoms. The van der Waals surface area contributed by atoms with E-state index in [9.17, 15) is 4.79 Å². The Morgan fingerprint density at radius 1 is 1.26 bits per heavy atom. The maximum absolute atomic E-state index is 11.9. The van der Waals surface area contributed by atoms with Gasteiger partial charge in [0, 0.05) is 22.1 Å². The fourth-order valence-corrected chi connectivity index (χ4v) is 2.77. The summed E-state index contributed by atoms with van der Waals surface area (Å²) in [5.74, 6) is 1.16. The monoisotopic (exact) mass is 393 g/mol. The molecular formula is C17H13BrClNO3. The molecule has 0 saturated heterocycles. The van der Waals surface area contributed by atoms with Crippen LogP contribution in [-0.4, -0.2) is 12.7 Å². The fraction of sp³-hybridized carbons (Fsp3) is 0.118. The van der Waals surface area contributed by atoms with E-state index >= 15 is 0 Å². The molecule has 1 heterocycles. The zero-order valence-corrected chi connectivity index (χ0v) is 14.4. The summed E-state index contributed by atoms with van der Waals surface area (Å²) < 4.78 is 11.4. The molecule has 0 saturated carbocycles. The summed E-state index contributed by atoms with van der Waals surface area (Å²) in [6.07, 6.45) is 3.19. The Morgan fingerprint density at radius 2 is 2.00 bits per heavy atom. The van der Waals surface area contributed by atoms with Gasteiger partial charge in [0.2, 0.25) is 12.7 Å². The minimum absolute atomic E-state index is 0.200. The van der Waals surface area contributed by atoms with Crippen LogP contribution in [0.2, 0.25) is 5.02 Å². The number of fused-ring (bicyclic) bond motifs is 1. The van der Waals surface area contributed by atoms with E-state index in [0.717, 1.165) is 15.6 Å². The van der Waals surface area contributed by atoms with Crippen LogP contribution in [0.25, 0.3) is 6.08 Å². The third-order valence-electron chi connectivity index (χ3n) is 3.32. The Balaban J connectivity index is 1.64. The highest BCUT2D eigenvalue weighted by Crippen LogP contribution is 2.37. The first-order valence-corrected chi connectivity index (χ1v) is 8.09. The van der Waals surface area contributed by atoms with Crippen molar-refractivity contribution in [3.05, 3.63) is 63.1 Å². The van der Waals surface area contributed by atoms with Gasteiger partial charge in [0.15, 0.2) is 11.5 Å². The highest BCUT2D eigenvalue weighted by Gasteiger charge is 2.15. The highest BCUT2D eigenvalue weighted by molar-refractivity contribution is 9.10. The lowest BCUT2D eigenvalue weighted by Crippen LogP contribution is -2.20. The van der Waals surface area contributed by atoms with Crippen molar-refractivity contribution in [2.24, 2.45) is 0 Å². The molecular weight excluding hydrogens is 382 g/mol. The van der Waals surface area contributed by atoms with E-state index < -0.39 is 0 Å². The smallest absolute Gasteiger partial charge is 0.244 e. The number of amides is 1. The number of hydrogen-bond acceptors (Lipinski definition) is 3. The van der Waals surface area contributed by atoms with E-state index in [4.69, 9.17) is 21.1 Å². The predicted octanol–water partition coefficient (Wildman–Crippen LogP) is 4.16. The van der Waals surface area contributed by atoms with Gasteiger partial charge in [-0.05, 0) is 35.4 Å². The molecule has 0 radical (unpaired) electrons. The topological polar surface area (TPSA) is 47.6 Å². The van der Waals surface area contributed by atoms with E-state index in [0.29, 0.717) is 23.1 Å². The van der Waals surface area contributed by atoms with Crippen LogP contribution < -0.4 is 14.8 Å². The van der Waals surface area contributed by atoms with E-state index in [1.54, 1.807) is 12.1 Å². The summed E-state index contributed by atoms with van der Waals surface area (Å²) in [5, 5.41) is 3.43. The number of halogens is 2. The Hall–Kier alpha value is -1.98. The molecule has 118 valence electrons. The van der Waals surface area contributed by atoms with E-state index in [1.807, 2.05) is 30.3 Å². The van der Waals surface area contributed by atoms with Crippen LogP contribution in [-0.2, 0) is 11.3 Å². The summed E-state index contributed by atoms with van der Waals surface area (Å²) >= 11 is 9.50. The highest BCUT2D eigenvalue weighted by atomic mass is 79.9. The average Bonchev–Trinajstić information content (AvgIpc) is 2.99. The molecule has 1 aliphatic rings. The van der Waals surface area contributed by atoms with Crippen molar-refractivity contribution in [1.82, 2.24) is 5.32 Å². The molecule has 0 aliphatic carbocycles. The van der Waals surface area contributed by atoms with Gasteiger partial charge < -0.3 is 14.8 Å². The normalized spacial score (nSPS) is 12.6. The molecule has 0 atom stereocenters. The molecule has 1 N–H and O–H groups in total. The summed E-state index contributed by atoms with van der Waals surface area (Å²) in [4.78, 5) is 11.9.